The van der Waals surface area contributed by atoms with Crippen LogP contribution in [-0.2, 0) is 5.75 Å². The summed E-state index contributed by atoms with van der Waals surface area (Å²) in [5.74, 6) is 6.44. The van der Waals surface area contributed by atoms with Crippen molar-refractivity contribution in [3.63, 3.8) is 0 Å². The molecule has 2 aromatic rings. The second kappa shape index (κ2) is 6.04. The van der Waals surface area contributed by atoms with Crippen LogP contribution in [0.4, 0.5) is 5.95 Å². The fraction of sp³-hybridized carbons (Fsp3) is 0.167. The molecule has 1 aromatic heterocycles. The lowest BCUT2D eigenvalue weighted by Gasteiger charge is -2.05. The molecule has 3 N–H and O–H groups in total. The van der Waals surface area contributed by atoms with E-state index in [4.69, 9.17) is 17.4 Å². The van der Waals surface area contributed by atoms with Crippen LogP contribution < -0.4 is 11.3 Å². The van der Waals surface area contributed by atoms with Crippen LogP contribution in [0.3, 0.4) is 0 Å². The zero-order valence-corrected chi connectivity index (χ0v) is 11.4. The van der Waals surface area contributed by atoms with Crippen LogP contribution in [0.15, 0.2) is 35.5 Å². The molecule has 0 amide bonds. The molecule has 0 unspecified atom stereocenters. The molecule has 0 aliphatic carbocycles. The third-order valence-corrected chi connectivity index (χ3v) is 3.75. The van der Waals surface area contributed by atoms with Crippen LogP contribution in [0.5, 0.6) is 0 Å². The molecule has 0 spiro atoms. The molecule has 0 aliphatic heterocycles. The first-order valence-electron chi connectivity index (χ1n) is 5.36. The summed E-state index contributed by atoms with van der Waals surface area (Å²) in [4.78, 5) is 8.15. The highest BCUT2D eigenvalue weighted by molar-refractivity contribution is 7.98. The van der Waals surface area contributed by atoms with Gasteiger partial charge >= 0.3 is 0 Å². The molecular weight excluding hydrogens is 268 g/mol. The van der Waals surface area contributed by atoms with Crippen molar-refractivity contribution >= 4 is 29.3 Å². The van der Waals surface area contributed by atoms with Crippen molar-refractivity contribution in [2.45, 2.75) is 17.7 Å². The molecular formula is C12H13ClN4S. The van der Waals surface area contributed by atoms with E-state index < -0.39 is 0 Å². The predicted molar refractivity (Wildman–Crippen MR) is 75.6 cm³/mol. The number of halogens is 1. The van der Waals surface area contributed by atoms with Gasteiger partial charge in [0, 0.05) is 5.75 Å². The van der Waals surface area contributed by atoms with E-state index in [1.54, 1.807) is 18.0 Å². The van der Waals surface area contributed by atoms with Crippen molar-refractivity contribution in [2.75, 3.05) is 5.43 Å². The summed E-state index contributed by atoms with van der Waals surface area (Å²) in [5, 5.41) is 1.26. The molecule has 2 rings (SSSR count). The Labute approximate surface area is 115 Å². The van der Waals surface area contributed by atoms with Crippen LogP contribution in [0.25, 0.3) is 0 Å². The molecule has 0 fully saturated rings. The Morgan fingerprint density at radius 1 is 1.44 bits per heavy atom. The number of anilines is 1. The minimum absolute atomic E-state index is 0.367. The number of nitrogens with one attached hydrogen (secondary N) is 1. The second-order valence-corrected chi connectivity index (χ2v) is 5.14. The lowest BCUT2D eigenvalue weighted by Crippen LogP contribution is -2.10. The van der Waals surface area contributed by atoms with Gasteiger partial charge in [-0.3, -0.25) is 5.43 Å². The van der Waals surface area contributed by atoms with Gasteiger partial charge in [0.1, 0.15) is 5.03 Å². The fourth-order valence-corrected chi connectivity index (χ4v) is 2.56. The van der Waals surface area contributed by atoms with E-state index >= 15 is 0 Å². The number of hydrogen-bond donors (Lipinski definition) is 2. The SMILES string of the molecule is Cc1cccc(CSc2nc(NN)ncc2Cl)c1. The van der Waals surface area contributed by atoms with Gasteiger partial charge in [-0.25, -0.2) is 15.8 Å². The summed E-state index contributed by atoms with van der Waals surface area (Å²) < 4.78 is 0. The largest absolute Gasteiger partial charge is 0.292 e. The lowest BCUT2D eigenvalue weighted by atomic mass is 10.2. The molecule has 6 heteroatoms. The third kappa shape index (κ3) is 3.35. The van der Waals surface area contributed by atoms with Gasteiger partial charge in [-0.15, -0.1) is 0 Å². The lowest BCUT2D eigenvalue weighted by molar-refractivity contribution is 1.03. The van der Waals surface area contributed by atoms with Crippen molar-refractivity contribution in [3.05, 3.63) is 46.6 Å². The van der Waals surface area contributed by atoms with Crippen molar-refractivity contribution in [1.82, 2.24) is 9.97 Å². The minimum Gasteiger partial charge on any atom is -0.292 e. The summed E-state index contributed by atoms with van der Waals surface area (Å²) in [6.07, 6.45) is 1.54. The molecule has 1 heterocycles. The van der Waals surface area contributed by atoms with Crippen LogP contribution in [0, 0.1) is 6.92 Å². The fourth-order valence-electron chi connectivity index (χ4n) is 1.48. The highest BCUT2D eigenvalue weighted by Gasteiger charge is 2.06. The number of nitrogen functional groups attached to an aromatic ring is 1. The highest BCUT2D eigenvalue weighted by Crippen LogP contribution is 2.28. The number of hydrogen-bond acceptors (Lipinski definition) is 5. The van der Waals surface area contributed by atoms with Crippen LogP contribution in [0.2, 0.25) is 5.02 Å². The maximum absolute atomic E-state index is 6.04. The van der Waals surface area contributed by atoms with E-state index in [0.717, 1.165) is 10.8 Å². The summed E-state index contributed by atoms with van der Waals surface area (Å²) in [5.41, 5.74) is 4.88. The van der Waals surface area contributed by atoms with Crippen molar-refractivity contribution in [2.24, 2.45) is 5.84 Å². The number of hydrazine groups is 1. The number of benzene rings is 1. The van der Waals surface area contributed by atoms with Gasteiger partial charge in [-0.1, -0.05) is 53.2 Å². The van der Waals surface area contributed by atoms with Crippen LogP contribution in [-0.4, -0.2) is 9.97 Å². The Hall–Kier alpha value is -1.30. The smallest absolute Gasteiger partial charge is 0.238 e. The van der Waals surface area contributed by atoms with Gasteiger partial charge in [-0.2, -0.15) is 0 Å². The van der Waals surface area contributed by atoms with Crippen LogP contribution in [0.1, 0.15) is 11.1 Å². The average molecular weight is 281 g/mol. The zero-order valence-electron chi connectivity index (χ0n) is 9.85. The highest BCUT2D eigenvalue weighted by atomic mass is 35.5. The normalized spacial score (nSPS) is 10.4. The first kappa shape index (κ1) is 13.1. The number of aryl methyl sites for hydroxylation is 1. The maximum Gasteiger partial charge on any atom is 0.238 e. The summed E-state index contributed by atoms with van der Waals surface area (Å²) >= 11 is 7.60. The number of nitrogens with zero attached hydrogens (tertiary/aromatic N) is 2. The molecule has 0 aliphatic rings. The first-order chi connectivity index (χ1) is 8.69. The number of aromatic nitrogens is 2. The quantitative estimate of drug-likeness (QED) is 0.390. The molecule has 1 aromatic carbocycles. The van der Waals surface area contributed by atoms with E-state index in [1.165, 1.54) is 11.1 Å². The van der Waals surface area contributed by atoms with Crippen molar-refractivity contribution < 1.29 is 0 Å². The van der Waals surface area contributed by atoms with Gasteiger partial charge in [0.2, 0.25) is 5.95 Å². The zero-order chi connectivity index (χ0) is 13.0. The molecule has 18 heavy (non-hydrogen) atoms. The van der Waals surface area contributed by atoms with E-state index in [2.05, 4.69) is 40.5 Å². The molecule has 0 atom stereocenters. The number of rotatable bonds is 4. The van der Waals surface area contributed by atoms with E-state index in [0.29, 0.717) is 11.0 Å². The van der Waals surface area contributed by atoms with Gasteiger partial charge in [0.05, 0.1) is 11.2 Å². The maximum atomic E-state index is 6.04. The first-order valence-corrected chi connectivity index (χ1v) is 6.73. The molecule has 0 radical (unpaired) electrons. The second-order valence-electron chi connectivity index (χ2n) is 3.77. The molecule has 0 bridgehead atoms. The Kier molecular flexibility index (Phi) is 4.41. The topological polar surface area (TPSA) is 63.8 Å². The van der Waals surface area contributed by atoms with Gasteiger partial charge in [0.15, 0.2) is 0 Å². The van der Waals surface area contributed by atoms with E-state index in [1.807, 2.05) is 6.07 Å². The number of thioether (sulfide) groups is 1. The Morgan fingerprint density at radius 3 is 3.00 bits per heavy atom. The molecule has 0 saturated carbocycles. The Morgan fingerprint density at radius 2 is 2.28 bits per heavy atom. The van der Waals surface area contributed by atoms with E-state index in [9.17, 15) is 0 Å². The monoisotopic (exact) mass is 280 g/mol. The Balaban J connectivity index is 2.10. The van der Waals surface area contributed by atoms with Crippen molar-refractivity contribution in [1.29, 1.82) is 0 Å². The predicted octanol–water partition coefficient (Wildman–Crippen LogP) is 3.02. The number of nitrogens with two attached hydrogens (primary N) is 1. The van der Waals surface area contributed by atoms with Gasteiger partial charge < -0.3 is 0 Å². The van der Waals surface area contributed by atoms with Crippen LogP contribution >= 0.6 is 23.4 Å². The van der Waals surface area contributed by atoms with Crippen molar-refractivity contribution in [3.8, 4) is 0 Å². The van der Waals surface area contributed by atoms with Gasteiger partial charge in [-0.05, 0) is 12.5 Å². The Bertz CT molecular complexity index is 547. The minimum atomic E-state index is 0.367. The molecule has 0 saturated heterocycles. The van der Waals surface area contributed by atoms with Gasteiger partial charge in [0.25, 0.3) is 0 Å². The summed E-state index contributed by atoms with van der Waals surface area (Å²) in [7, 11) is 0. The standard InChI is InChI=1S/C12H13ClN4S/c1-8-3-2-4-9(5-8)7-18-11-10(13)6-15-12(16-11)17-14/h2-6H,7,14H2,1H3,(H,15,16,17). The molecule has 94 valence electrons. The molecule has 4 nitrogen and oxygen atoms in total. The third-order valence-electron chi connectivity index (χ3n) is 2.30. The summed E-state index contributed by atoms with van der Waals surface area (Å²) in [6, 6.07) is 8.34. The average Bonchev–Trinajstić information content (AvgIpc) is 2.38. The van der Waals surface area contributed by atoms with E-state index in [-0.39, 0.29) is 0 Å². The summed E-state index contributed by atoms with van der Waals surface area (Å²) in [6.45, 7) is 2.07.